The maximum absolute atomic E-state index is 11.8. The first-order valence-electron chi connectivity index (χ1n) is 33.8. The van der Waals surface area contributed by atoms with Crippen LogP contribution in [-0.2, 0) is 52.7 Å². The van der Waals surface area contributed by atoms with Crippen LogP contribution in [0, 0.1) is 24.7 Å². The highest BCUT2D eigenvalue weighted by molar-refractivity contribution is 5.83. The van der Waals surface area contributed by atoms with Gasteiger partial charge in [-0.1, -0.05) is 182 Å². The number of hydrogen-bond acceptors (Lipinski definition) is 20. The van der Waals surface area contributed by atoms with E-state index < -0.39 is 60.3 Å². The van der Waals surface area contributed by atoms with E-state index in [2.05, 4.69) is 52.4 Å². The van der Waals surface area contributed by atoms with Crippen LogP contribution in [0.5, 0.6) is 23.0 Å². The molecule has 0 radical (unpaired) electrons. The molecule has 22 heteroatoms. The molecule has 6 heterocycles. The molecule has 8 atom stereocenters. The van der Waals surface area contributed by atoms with Crippen molar-refractivity contribution < 1.29 is 57.6 Å². The van der Waals surface area contributed by atoms with E-state index in [1.54, 1.807) is 50.2 Å². The maximum Gasteiger partial charge on any atom is 0.167 e. The van der Waals surface area contributed by atoms with Crippen molar-refractivity contribution in [2.24, 2.45) is 0 Å². The number of fused-ring (bicyclic) bond motifs is 2. The highest BCUT2D eigenvalue weighted by Gasteiger charge is 2.50. The fraction of sp³-hybridized carbons (Fsp3) is 0.244. The smallest absolute Gasteiger partial charge is 0.167 e. The average Bonchev–Trinajstić information content (AvgIpc) is 0.907. The topological polar surface area (TPSA) is 244 Å². The lowest BCUT2D eigenvalue weighted by Gasteiger charge is -2.37. The summed E-state index contributed by atoms with van der Waals surface area (Å²) in [5, 5.41) is 30.3. The molecule has 4 N–H and O–H groups in total. The molecule has 0 aliphatic carbocycles. The number of ether oxygens (including phenoxy) is 10. The zero-order valence-electron chi connectivity index (χ0n) is 57.7. The second-order valence-corrected chi connectivity index (χ2v) is 24.5. The van der Waals surface area contributed by atoms with Crippen molar-refractivity contribution in [3.63, 3.8) is 0 Å². The monoisotopic (exact) mass is 1390 g/mol. The predicted molar refractivity (Wildman–Crippen MR) is 392 cm³/mol. The number of imidazole rings is 2. The van der Waals surface area contributed by atoms with Crippen molar-refractivity contribution >= 4 is 34.0 Å². The summed E-state index contributed by atoms with van der Waals surface area (Å²) in [6.45, 7) is 1.03. The van der Waals surface area contributed by atoms with Gasteiger partial charge in [0, 0.05) is 13.1 Å². The van der Waals surface area contributed by atoms with Crippen molar-refractivity contribution in [3.05, 3.63) is 288 Å². The van der Waals surface area contributed by atoms with E-state index in [4.69, 9.17) is 60.2 Å². The Hall–Kier alpha value is -11.5. The van der Waals surface area contributed by atoms with Crippen LogP contribution < -0.4 is 29.6 Å². The number of aromatic nitrogens is 8. The predicted octanol–water partition coefficient (Wildman–Crippen LogP) is 11.5. The Kier molecular flexibility index (Phi) is 22.5. The number of terminal acetylenes is 2. The molecule has 0 spiro atoms. The van der Waals surface area contributed by atoms with Gasteiger partial charge in [0.25, 0.3) is 0 Å². The summed E-state index contributed by atoms with van der Waals surface area (Å²) >= 11 is 0. The van der Waals surface area contributed by atoms with Crippen LogP contribution in [0.2, 0.25) is 0 Å². The normalized spacial score (nSPS) is 18.6. The third kappa shape index (κ3) is 14.9. The molecule has 2 aliphatic rings. The third-order valence-corrected chi connectivity index (χ3v) is 18.5. The summed E-state index contributed by atoms with van der Waals surface area (Å²) in [5.74, 6) is 9.00. The molecule has 8 aromatic carbocycles. The Morgan fingerprint density at radius 3 is 1.14 bits per heavy atom. The zero-order valence-corrected chi connectivity index (χ0v) is 57.7. The average molecular weight is 1400 g/mol. The molecule has 528 valence electrons. The lowest BCUT2D eigenvalue weighted by molar-refractivity contribution is -0.100. The van der Waals surface area contributed by atoms with Gasteiger partial charge in [0.05, 0.1) is 54.3 Å². The lowest BCUT2D eigenvalue weighted by atomic mass is 9.80. The molecule has 12 aromatic rings. The molecule has 0 amide bonds. The highest BCUT2D eigenvalue weighted by Crippen LogP contribution is 2.46. The molecule has 0 bridgehead atoms. The van der Waals surface area contributed by atoms with E-state index >= 15 is 0 Å². The number of methoxy groups -OCH3 is 4. The Labute approximate surface area is 602 Å². The second-order valence-electron chi connectivity index (χ2n) is 24.5. The number of benzene rings is 8. The van der Waals surface area contributed by atoms with Crippen molar-refractivity contribution in [3.8, 4) is 47.7 Å². The SMILES string of the molecule is C#CCO[C@@H]1[C@H](O)[C@H](n2cnc3c(NCc4ccccc4)ncnc32)O[C@@H]1COC(c1ccccc1)(c1ccc(OC)cc1)c1ccc(OC)cc1.C#CCO[C@H]1[C@@H](O)[C@@H](COC(c2ccccc2)(c2ccc(OC)cc2)c2ccc(OC)cc2)O[C@H]1n1cnc2c(NCc3ccccc3)ncnc21. The first kappa shape index (κ1) is 70.9. The number of aliphatic hydroxyl groups excluding tert-OH is 2. The third-order valence-electron chi connectivity index (χ3n) is 18.5. The van der Waals surface area contributed by atoms with Gasteiger partial charge < -0.3 is 68.2 Å². The van der Waals surface area contributed by atoms with Gasteiger partial charge in [-0.05, 0) is 93.0 Å². The number of nitrogens with zero attached hydrogens (tertiary/aromatic N) is 8. The van der Waals surface area contributed by atoms with Crippen LogP contribution in [-0.4, -0.2) is 141 Å². The molecule has 22 nitrogen and oxygen atoms in total. The van der Waals surface area contributed by atoms with E-state index in [0.717, 1.165) is 44.5 Å². The number of aliphatic hydroxyl groups is 2. The van der Waals surface area contributed by atoms with E-state index in [-0.39, 0.29) is 26.4 Å². The first-order chi connectivity index (χ1) is 51.1. The van der Waals surface area contributed by atoms with Crippen LogP contribution in [0.4, 0.5) is 11.6 Å². The molecular weight excluding hydrogens is 1320 g/mol. The number of nitrogens with one attached hydrogen (secondary N) is 2. The van der Waals surface area contributed by atoms with Gasteiger partial charge in [-0.3, -0.25) is 9.13 Å². The summed E-state index contributed by atoms with van der Waals surface area (Å²) in [6.07, 6.45) is 10.1. The summed E-state index contributed by atoms with van der Waals surface area (Å²) in [4.78, 5) is 27.2. The number of anilines is 2. The highest BCUT2D eigenvalue weighted by atomic mass is 16.6. The van der Waals surface area contributed by atoms with Gasteiger partial charge in [0.15, 0.2) is 46.4 Å². The van der Waals surface area contributed by atoms with E-state index in [9.17, 15) is 10.2 Å². The molecule has 0 unspecified atom stereocenters. The van der Waals surface area contributed by atoms with Gasteiger partial charge in [-0.2, -0.15) is 0 Å². The van der Waals surface area contributed by atoms with Gasteiger partial charge >= 0.3 is 0 Å². The summed E-state index contributed by atoms with van der Waals surface area (Å²) in [6, 6.07) is 70.9. The van der Waals surface area contributed by atoms with Crippen LogP contribution in [0.25, 0.3) is 22.3 Å². The minimum atomic E-state index is -1.14. The van der Waals surface area contributed by atoms with E-state index in [0.29, 0.717) is 70.1 Å². The van der Waals surface area contributed by atoms with Crippen molar-refractivity contribution in [2.75, 3.05) is 65.5 Å². The van der Waals surface area contributed by atoms with Crippen molar-refractivity contribution in [1.29, 1.82) is 0 Å². The minimum Gasteiger partial charge on any atom is -0.497 e. The number of hydrogen-bond donors (Lipinski definition) is 4. The molecule has 2 saturated heterocycles. The van der Waals surface area contributed by atoms with Gasteiger partial charge in [-0.25, -0.2) is 29.9 Å². The van der Waals surface area contributed by atoms with Gasteiger partial charge in [0.2, 0.25) is 0 Å². The first-order valence-corrected chi connectivity index (χ1v) is 33.8. The molecule has 2 fully saturated rings. The summed E-state index contributed by atoms with van der Waals surface area (Å²) in [7, 11) is 6.52. The van der Waals surface area contributed by atoms with Gasteiger partial charge in [0.1, 0.15) is 96.7 Å². The zero-order chi connectivity index (χ0) is 71.8. The standard InChI is InChI=1S/2C41H39N5O6/c1-4-23-50-37-34(52-40(36(37)47)46-27-45-35-38(43-26-44-39(35)46)42-24-28-11-7-5-8-12-28)25-51-41(29-13-9-6-10-14-29,30-15-19-32(48-2)20-16-30)31-17-21-33(49-3)22-18-31;1-4-23-50-37-36(47)34(52-40(37)46-27-45-35-38(43-26-44-39(35)46)42-24-28-11-7-5-8-12-28)25-51-41(29-13-9-6-10-14-29,30-15-19-32(48-2)20-16-30)31-17-21-33(49-3)22-18-31/h2*1,5-22,26-27,34,36-37,40,47H,23-25H2,2-3H3,(H,42,43,44)/t2*34-,36+,37+,40-/m11/s1. The Balaban J connectivity index is 0.000000185. The van der Waals surface area contributed by atoms with Crippen molar-refractivity contribution in [1.82, 2.24) is 39.0 Å². The summed E-state index contributed by atoms with van der Waals surface area (Å²) < 4.78 is 64.9. The van der Waals surface area contributed by atoms with Crippen LogP contribution in [0.3, 0.4) is 0 Å². The molecule has 0 saturated carbocycles. The summed E-state index contributed by atoms with van der Waals surface area (Å²) in [5.41, 5.74) is 7.21. The second kappa shape index (κ2) is 33.1. The molecule has 14 rings (SSSR count). The van der Waals surface area contributed by atoms with Crippen LogP contribution in [0.15, 0.2) is 244 Å². The van der Waals surface area contributed by atoms with Crippen molar-refractivity contribution in [2.45, 2.75) is 73.4 Å². The molecule has 104 heavy (non-hydrogen) atoms. The largest absolute Gasteiger partial charge is 0.497 e. The van der Waals surface area contributed by atoms with Crippen LogP contribution >= 0.6 is 0 Å². The molecular formula is C82H78N10O12. The fourth-order valence-electron chi connectivity index (χ4n) is 13.3. The quantitative estimate of drug-likeness (QED) is 0.0263. The number of rotatable bonds is 28. The van der Waals surface area contributed by atoms with E-state index in [1.807, 2.05) is 218 Å². The fourth-order valence-corrected chi connectivity index (χ4v) is 13.3. The lowest BCUT2D eigenvalue weighted by Crippen LogP contribution is -2.41. The van der Waals surface area contributed by atoms with Crippen LogP contribution in [0.1, 0.15) is 57.0 Å². The minimum absolute atomic E-state index is 0.0151. The Morgan fingerprint density at radius 1 is 0.413 bits per heavy atom. The van der Waals surface area contributed by atoms with Gasteiger partial charge in [-0.15, -0.1) is 12.8 Å². The Bertz CT molecular complexity index is 4720. The van der Waals surface area contributed by atoms with E-state index in [1.165, 1.54) is 12.7 Å². The molecule has 4 aromatic heterocycles. The Morgan fingerprint density at radius 2 is 0.760 bits per heavy atom. The maximum atomic E-state index is 11.8. The molecule has 2 aliphatic heterocycles.